The molecule has 19 heavy (non-hydrogen) atoms. The summed E-state index contributed by atoms with van der Waals surface area (Å²) in [6.45, 7) is 0. The van der Waals surface area contributed by atoms with Crippen LogP contribution in [0.5, 0.6) is 0 Å². The number of benzene rings is 2. The van der Waals surface area contributed by atoms with E-state index in [0.29, 0.717) is 16.7 Å². The molecule has 96 valence electrons. The summed E-state index contributed by atoms with van der Waals surface area (Å²) in [5.41, 5.74) is 4.33. The van der Waals surface area contributed by atoms with Crippen LogP contribution >= 0.6 is 11.6 Å². The molecular formula is C16H11ClF2. The Morgan fingerprint density at radius 1 is 0.895 bits per heavy atom. The van der Waals surface area contributed by atoms with Crippen molar-refractivity contribution in [1.82, 2.24) is 0 Å². The summed E-state index contributed by atoms with van der Waals surface area (Å²) in [6.07, 6.45) is -2.48. The number of fused-ring (bicyclic) bond motifs is 4. The van der Waals surface area contributed by atoms with Crippen LogP contribution < -0.4 is 0 Å². The summed E-state index contributed by atoms with van der Waals surface area (Å²) in [5.74, 6) is 0. The van der Waals surface area contributed by atoms with Gasteiger partial charge in [0.2, 0.25) is 0 Å². The first-order valence-corrected chi connectivity index (χ1v) is 6.77. The van der Waals surface area contributed by atoms with Gasteiger partial charge in [-0.2, -0.15) is 0 Å². The van der Waals surface area contributed by atoms with Crippen molar-refractivity contribution in [3.8, 4) is 0 Å². The third-order valence-electron chi connectivity index (χ3n) is 4.10. The largest absolute Gasteiger partial charge is 0.239 e. The van der Waals surface area contributed by atoms with E-state index in [1.165, 1.54) is 0 Å². The predicted octanol–water partition coefficient (Wildman–Crippen LogP) is 4.95. The molecule has 2 aromatic rings. The van der Waals surface area contributed by atoms with E-state index >= 15 is 0 Å². The lowest BCUT2D eigenvalue weighted by molar-refractivity contribution is 0.171. The molecule has 0 saturated heterocycles. The molecule has 0 bridgehead atoms. The van der Waals surface area contributed by atoms with Gasteiger partial charge in [-0.15, -0.1) is 11.6 Å². The second-order valence-corrected chi connectivity index (χ2v) is 5.61. The Kier molecular flexibility index (Phi) is 2.28. The van der Waals surface area contributed by atoms with Crippen molar-refractivity contribution >= 4 is 11.6 Å². The van der Waals surface area contributed by atoms with Crippen LogP contribution in [0.3, 0.4) is 0 Å². The molecule has 0 saturated carbocycles. The van der Waals surface area contributed by atoms with Crippen LogP contribution in [0.2, 0.25) is 0 Å². The SMILES string of the molecule is FC1c2ccccc2C(Cl)c2ccc3c(c2C1F)C3. The van der Waals surface area contributed by atoms with Crippen LogP contribution in [0, 0.1) is 0 Å². The molecule has 0 spiro atoms. The lowest BCUT2D eigenvalue weighted by Crippen LogP contribution is -2.02. The summed E-state index contributed by atoms with van der Waals surface area (Å²) in [7, 11) is 0. The normalized spacial score (nSPS) is 27.0. The molecule has 0 aromatic heterocycles. The molecule has 0 radical (unpaired) electrons. The molecule has 2 aliphatic carbocycles. The first kappa shape index (κ1) is 11.4. The van der Waals surface area contributed by atoms with Gasteiger partial charge >= 0.3 is 0 Å². The lowest BCUT2D eigenvalue weighted by Gasteiger charge is -2.13. The van der Waals surface area contributed by atoms with E-state index in [0.717, 1.165) is 23.1 Å². The molecule has 0 nitrogen and oxygen atoms in total. The van der Waals surface area contributed by atoms with Gasteiger partial charge in [0.25, 0.3) is 0 Å². The van der Waals surface area contributed by atoms with E-state index in [-0.39, 0.29) is 0 Å². The molecule has 3 atom stereocenters. The number of alkyl halides is 3. The van der Waals surface area contributed by atoms with Gasteiger partial charge in [-0.3, -0.25) is 0 Å². The number of rotatable bonds is 0. The monoisotopic (exact) mass is 276 g/mol. The summed E-state index contributed by atoms with van der Waals surface area (Å²) in [6, 6.07) is 10.8. The molecule has 2 aromatic carbocycles. The molecule has 4 rings (SSSR count). The van der Waals surface area contributed by atoms with E-state index in [9.17, 15) is 8.78 Å². The Morgan fingerprint density at radius 3 is 2.42 bits per heavy atom. The highest BCUT2D eigenvalue weighted by molar-refractivity contribution is 6.23. The van der Waals surface area contributed by atoms with Gasteiger partial charge in [0, 0.05) is 0 Å². The molecule has 3 heteroatoms. The molecule has 0 fully saturated rings. The molecule has 0 N–H and O–H groups in total. The Labute approximate surface area is 115 Å². The molecule has 0 heterocycles. The van der Waals surface area contributed by atoms with Gasteiger partial charge in [-0.1, -0.05) is 36.4 Å². The number of hydrogen-bond acceptors (Lipinski definition) is 0. The minimum absolute atomic E-state index is 0.376. The van der Waals surface area contributed by atoms with Gasteiger partial charge in [-0.05, 0) is 39.8 Å². The van der Waals surface area contributed by atoms with Crippen LogP contribution in [-0.4, -0.2) is 0 Å². The predicted molar refractivity (Wildman–Crippen MR) is 71.1 cm³/mol. The summed E-state index contributed by atoms with van der Waals surface area (Å²) >= 11 is 6.47. The van der Waals surface area contributed by atoms with Gasteiger partial charge in [0.15, 0.2) is 12.3 Å². The zero-order valence-electron chi connectivity index (χ0n) is 10.0. The fourth-order valence-corrected chi connectivity index (χ4v) is 3.43. The lowest BCUT2D eigenvalue weighted by atomic mass is 9.99. The van der Waals surface area contributed by atoms with Crippen LogP contribution in [0.1, 0.15) is 51.1 Å². The zero-order valence-corrected chi connectivity index (χ0v) is 10.8. The third kappa shape index (κ3) is 1.50. The third-order valence-corrected chi connectivity index (χ3v) is 4.57. The first-order valence-electron chi connectivity index (χ1n) is 6.34. The summed E-state index contributed by atoms with van der Waals surface area (Å²) in [5, 5.41) is -0.476. The second kappa shape index (κ2) is 3.80. The van der Waals surface area contributed by atoms with Crippen molar-refractivity contribution in [2.75, 3.05) is 0 Å². The topological polar surface area (TPSA) is 0 Å². The average molecular weight is 277 g/mol. The van der Waals surface area contributed by atoms with Gasteiger partial charge in [-0.25, -0.2) is 8.78 Å². The molecule has 0 aliphatic heterocycles. The highest BCUT2D eigenvalue weighted by Crippen LogP contribution is 2.52. The average Bonchev–Trinajstić information content (AvgIpc) is 3.23. The molecule has 0 amide bonds. The number of halogens is 3. The highest BCUT2D eigenvalue weighted by Gasteiger charge is 2.39. The van der Waals surface area contributed by atoms with Crippen LogP contribution in [-0.2, 0) is 6.42 Å². The Balaban J connectivity index is 2.01. The quantitative estimate of drug-likeness (QED) is 0.510. The van der Waals surface area contributed by atoms with E-state index in [4.69, 9.17) is 11.6 Å². The minimum atomic E-state index is -1.63. The van der Waals surface area contributed by atoms with Crippen molar-refractivity contribution in [3.05, 3.63) is 69.8 Å². The van der Waals surface area contributed by atoms with Gasteiger partial charge in [0.1, 0.15) is 0 Å². The van der Waals surface area contributed by atoms with Gasteiger partial charge in [0.05, 0.1) is 5.38 Å². The van der Waals surface area contributed by atoms with Crippen LogP contribution in [0.15, 0.2) is 36.4 Å². The van der Waals surface area contributed by atoms with Crippen molar-refractivity contribution in [2.24, 2.45) is 0 Å². The maximum atomic E-state index is 14.5. The van der Waals surface area contributed by atoms with Gasteiger partial charge < -0.3 is 0 Å². The zero-order chi connectivity index (χ0) is 13.1. The van der Waals surface area contributed by atoms with Crippen LogP contribution in [0.4, 0.5) is 8.78 Å². The van der Waals surface area contributed by atoms with E-state index in [1.807, 2.05) is 18.2 Å². The molecule has 3 unspecified atom stereocenters. The molecular weight excluding hydrogens is 266 g/mol. The van der Waals surface area contributed by atoms with Crippen molar-refractivity contribution < 1.29 is 8.78 Å². The second-order valence-electron chi connectivity index (χ2n) is 5.18. The van der Waals surface area contributed by atoms with Crippen molar-refractivity contribution in [2.45, 2.75) is 24.1 Å². The maximum absolute atomic E-state index is 14.5. The molecule has 2 aliphatic rings. The number of hydrogen-bond donors (Lipinski definition) is 0. The van der Waals surface area contributed by atoms with E-state index < -0.39 is 17.7 Å². The Morgan fingerprint density at radius 2 is 1.63 bits per heavy atom. The summed E-state index contributed by atoms with van der Waals surface area (Å²) < 4.78 is 29.0. The maximum Gasteiger partial charge on any atom is 0.161 e. The fraction of sp³-hybridized carbons (Fsp3) is 0.250. The smallest absolute Gasteiger partial charge is 0.161 e. The highest BCUT2D eigenvalue weighted by atomic mass is 35.5. The van der Waals surface area contributed by atoms with Crippen LogP contribution in [0.25, 0.3) is 0 Å². The Bertz CT molecular complexity index is 680. The van der Waals surface area contributed by atoms with Crippen molar-refractivity contribution in [3.63, 3.8) is 0 Å². The van der Waals surface area contributed by atoms with Crippen molar-refractivity contribution in [1.29, 1.82) is 0 Å². The summed E-state index contributed by atoms with van der Waals surface area (Å²) in [4.78, 5) is 0. The standard InChI is InChI=1S/C16H11ClF2/c17-14-9-3-1-2-4-10(9)15(18)16(19)13-11(14)6-5-8-7-12(8)13/h1-6,14-16H,7H2. The van der Waals surface area contributed by atoms with E-state index in [2.05, 4.69) is 0 Å². The Hall–Kier alpha value is -1.41. The van der Waals surface area contributed by atoms with E-state index in [1.54, 1.807) is 18.2 Å². The fourth-order valence-electron chi connectivity index (χ4n) is 3.04. The first-order chi connectivity index (χ1) is 9.18. The minimum Gasteiger partial charge on any atom is -0.239 e.